The number of pyridine rings is 1. The third kappa shape index (κ3) is 6.55. The molecule has 7 nitrogen and oxygen atoms in total. The molecule has 0 fully saturated rings. The number of amides is 1. The fourth-order valence-corrected chi connectivity index (χ4v) is 4.13. The van der Waals surface area contributed by atoms with E-state index >= 15 is 0 Å². The Balaban J connectivity index is 1.43. The van der Waals surface area contributed by atoms with Crippen molar-refractivity contribution >= 4 is 23.7 Å². The summed E-state index contributed by atoms with van der Waals surface area (Å²) in [6, 6.07) is 21.6. The van der Waals surface area contributed by atoms with Gasteiger partial charge < -0.3 is 14.6 Å². The normalized spacial score (nSPS) is 11.0. The number of hydrogen-bond donors (Lipinski definition) is 1. The van der Waals surface area contributed by atoms with Gasteiger partial charge >= 0.3 is 0 Å². The maximum atomic E-state index is 12.4. The number of ether oxygens (including phenoxy) is 1. The Labute approximate surface area is 202 Å². The summed E-state index contributed by atoms with van der Waals surface area (Å²) in [6.07, 6.45) is 6.84. The van der Waals surface area contributed by atoms with E-state index in [0.29, 0.717) is 12.4 Å². The number of benzene rings is 2. The van der Waals surface area contributed by atoms with Crippen molar-refractivity contribution in [2.45, 2.75) is 24.0 Å². The molecule has 4 rings (SSSR count). The molecule has 1 amide bonds. The second kappa shape index (κ2) is 11.8. The molecule has 0 unspecified atom stereocenters. The predicted molar refractivity (Wildman–Crippen MR) is 133 cm³/mol. The van der Waals surface area contributed by atoms with Gasteiger partial charge in [0.2, 0.25) is 5.91 Å². The van der Waals surface area contributed by atoms with E-state index in [2.05, 4.69) is 37.2 Å². The molecule has 1 N–H and O–H groups in total. The number of carbonyl (C=O) groups excluding carboxylic acids is 1. The Bertz CT molecular complexity index is 1230. The Hall–Kier alpha value is -3.91. The fourth-order valence-electron chi connectivity index (χ4n) is 3.22. The quantitative estimate of drug-likeness (QED) is 0.274. The molecule has 2 heterocycles. The number of nitrogens with zero attached hydrogens (tertiary/aromatic N) is 4. The van der Waals surface area contributed by atoms with Crippen LogP contribution >= 0.6 is 11.8 Å². The molecule has 0 aliphatic rings. The summed E-state index contributed by atoms with van der Waals surface area (Å²) >= 11 is 1.61. The molecule has 0 spiro atoms. The number of aromatic nitrogens is 4. The molecular weight excluding hydrogens is 446 g/mol. The van der Waals surface area contributed by atoms with E-state index in [0.717, 1.165) is 33.3 Å². The van der Waals surface area contributed by atoms with E-state index in [1.807, 2.05) is 54.6 Å². The number of nitrogens with one attached hydrogen (secondary N) is 1. The van der Waals surface area contributed by atoms with Gasteiger partial charge in [0.1, 0.15) is 5.75 Å². The number of hydrogen-bond acceptors (Lipinski definition) is 6. The summed E-state index contributed by atoms with van der Waals surface area (Å²) < 4.78 is 7.21. The summed E-state index contributed by atoms with van der Waals surface area (Å²) in [6.45, 7) is 0.904. The molecule has 172 valence electrons. The first kappa shape index (κ1) is 23.3. The van der Waals surface area contributed by atoms with E-state index in [1.54, 1.807) is 37.3 Å². The second-order valence-corrected chi connectivity index (χ2v) is 8.38. The maximum absolute atomic E-state index is 12.4. The van der Waals surface area contributed by atoms with Crippen molar-refractivity contribution < 1.29 is 9.53 Å². The lowest BCUT2D eigenvalue weighted by Gasteiger charge is -2.11. The van der Waals surface area contributed by atoms with Gasteiger partial charge in [0.15, 0.2) is 11.0 Å². The van der Waals surface area contributed by atoms with Crippen molar-refractivity contribution in [1.82, 2.24) is 25.1 Å². The number of carbonyl (C=O) groups is 1. The highest BCUT2D eigenvalue weighted by molar-refractivity contribution is 7.98. The number of rotatable bonds is 10. The van der Waals surface area contributed by atoms with Crippen molar-refractivity contribution in [3.63, 3.8) is 0 Å². The Morgan fingerprint density at radius 1 is 1.00 bits per heavy atom. The van der Waals surface area contributed by atoms with Gasteiger partial charge in [0, 0.05) is 24.2 Å². The molecule has 2 aromatic heterocycles. The smallest absolute Gasteiger partial charge is 0.244 e. The first-order valence-corrected chi connectivity index (χ1v) is 11.8. The van der Waals surface area contributed by atoms with Crippen LogP contribution in [0.1, 0.15) is 22.5 Å². The van der Waals surface area contributed by atoms with Gasteiger partial charge in [-0.15, -0.1) is 10.2 Å². The Kier molecular flexibility index (Phi) is 8.08. The molecule has 0 radical (unpaired) electrons. The van der Waals surface area contributed by atoms with Crippen molar-refractivity contribution in [3.8, 4) is 5.75 Å². The average molecular weight is 472 g/mol. The zero-order chi connectivity index (χ0) is 23.6. The SMILES string of the molecule is COc1ccc(/C=C/C(=O)NCc2nnc(SCc3ccncc3)n2Cc2ccccc2)cc1. The first-order chi connectivity index (χ1) is 16.7. The number of methoxy groups -OCH3 is 1. The Morgan fingerprint density at radius 3 is 2.50 bits per heavy atom. The lowest BCUT2D eigenvalue weighted by atomic mass is 10.2. The van der Waals surface area contributed by atoms with Crippen LogP contribution in [0, 0.1) is 0 Å². The van der Waals surface area contributed by atoms with Crippen LogP contribution < -0.4 is 10.1 Å². The van der Waals surface area contributed by atoms with Gasteiger partial charge in [-0.1, -0.05) is 54.2 Å². The predicted octanol–water partition coefficient (Wildman–Crippen LogP) is 4.35. The molecule has 0 saturated carbocycles. The highest BCUT2D eigenvalue weighted by atomic mass is 32.2. The minimum absolute atomic E-state index is 0.198. The van der Waals surface area contributed by atoms with Crippen LogP contribution in [0.15, 0.2) is 90.4 Å². The molecule has 8 heteroatoms. The second-order valence-electron chi connectivity index (χ2n) is 7.44. The zero-order valence-electron chi connectivity index (χ0n) is 18.8. The minimum Gasteiger partial charge on any atom is -0.497 e. The minimum atomic E-state index is -0.198. The van der Waals surface area contributed by atoms with Crippen LogP contribution in [0.2, 0.25) is 0 Å². The zero-order valence-corrected chi connectivity index (χ0v) is 19.6. The van der Waals surface area contributed by atoms with Gasteiger partial charge in [0.25, 0.3) is 0 Å². The summed E-state index contributed by atoms with van der Waals surface area (Å²) in [5.74, 6) is 2.03. The number of thioether (sulfide) groups is 1. The van der Waals surface area contributed by atoms with Crippen LogP contribution in [0.25, 0.3) is 6.08 Å². The van der Waals surface area contributed by atoms with Gasteiger partial charge in [-0.3, -0.25) is 9.78 Å². The van der Waals surface area contributed by atoms with E-state index in [1.165, 1.54) is 6.08 Å². The summed E-state index contributed by atoms with van der Waals surface area (Å²) in [4.78, 5) is 16.5. The van der Waals surface area contributed by atoms with Crippen LogP contribution in [0.3, 0.4) is 0 Å². The molecule has 4 aromatic rings. The summed E-state index contributed by atoms with van der Waals surface area (Å²) in [5, 5.41) is 12.5. The summed E-state index contributed by atoms with van der Waals surface area (Å²) in [7, 11) is 1.62. The average Bonchev–Trinajstić information content (AvgIpc) is 3.27. The van der Waals surface area contributed by atoms with Crippen molar-refractivity contribution in [3.05, 3.63) is 108 Å². The van der Waals surface area contributed by atoms with Gasteiger partial charge in [-0.05, 0) is 47.0 Å². The highest BCUT2D eigenvalue weighted by Gasteiger charge is 2.14. The van der Waals surface area contributed by atoms with E-state index < -0.39 is 0 Å². The largest absolute Gasteiger partial charge is 0.497 e. The monoisotopic (exact) mass is 471 g/mol. The lowest BCUT2D eigenvalue weighted by Crippen LogP contribution is -2.23. The van der Waals surface area contributed by atoms with E-state index in [4.69, 9.17) is 4.74 Å². The van der Waals surface area contributed by atoms with E-state index in [-0.39, 0.29) is 12.5 Å². The standard InChI is InChI=1S/C26H25N5O2S/c1-33-23-10-7-20(8-11-23)9-12-25(32)28-17-24-29-30-26(34-19-22-13-15-27-16-14-22)31(24)18-21-5-3-2-4-6-21/h2-16H,17-19H2,1H3,(H,28,32)/b12-9+. The third-order valence-electron chi connectivity index (χ3n) is 5.06. The molecule has 2 aromatic carbocycles. The molecule has 34 heavy (non-hydrogen) atoms. The van der Waals surface area contributed by atoms with Crippen LogP contribution in [-0.2, 0) is 23.6 Å². The van der Waals surface area contributed by atoms with Crippen LogP contribution in [-0.4, -0.2) is 32.8 Å². The van der Waals surface area contributed by atoms with Crippen LogP contribution in [0.5, 0.6) is 5.75 Å². The van der Waals surface area contributed by atoms with Gasteiger partial charge in [-0.2, -0.15) is 0 Å². The molecule has 0 aliphatic heterocycles. The topological polar surface area (TPSA) is 81.9 Å². The molecule has 0 bridgehead atoms. The van der Waals surface area contributed by atoms with Crippen molar-refractivity contribution in [2.24, 2.45) is 0 Å². The molecule has 0 saturated heterocycles. The molecule has 0 atom stereocenters. The lowest BCUT2D eigenvalue weighted by molar-refractivity contribution is -0.116. The molecular formula is C26H25N5O2S. The first-order valence-electron chi connectivity index (χ1n) is 10.8. The third-order valence-corrected chi connectivity index (χ3v) is 6.10. The van der Waals surface area contributed by atoms with Crippen molar-refractivity contribution in [1.29, 1.82) is 0 Å². The summed E-state index contributed by atoms with van der Waals surface area (Å²) in [5.41, 5.74) is 3.21. The molecule has 0 aliphatic carbocycles. The highest BCUT2D eigenvalue weighted by Crippen LogP contribution is 2.23. The van der Waals surface area contributed by atoms with E-state index in [9.17, 15) is 4.79 Å². The Morgan fingerprint density at radius 2 is 1.76 bits per heavy atom. The van der Waals surface area contributed by atoms with Gasteiger partial charge in [-0.25, -0.2) is 0 Å². The van der Waals surface area contributed by atoms with Crippen molar-refractivity contribution in [2.75, 3.05) is 7.11 Å². The van der Waals surface area contributed by atoms with Gasteiger partial charge in [0.05, 0.1) is 20.2 Å². The fraction of sp³-hybridized carbons (Fsp3) is 0.154. The maximum Gasteiger partial charge on any atom is 0.244 e. The van der Waals surface area contributed by atoms with Crippen LogP contribution in [0.4, 0.5) is 0 Å².